The fourth-order valence-electron chi connectivity index (χ4n) is 2.91. The molecule has 0 aliphatic carbocycles. The third-order valence-corrected chi connectivity index (χ3v) is 4.79. The SMILES string of the molecule is CC(C)OCCCNc1cc(-c2cccc(F)c2)cc(-c2cc(Br)ccc2O)n1. The van der Waals surface area contributed by atoms with Gasteiger partial charge in [-0.15, -0.1) is 0 Å². The van der Waals surface area contributed by atoms with Crippen LogP contribution in [0.1, 0.15) is 20.3 Å². The van der Waals surface area contributed by atoms with Crippen molar-refractivity contribution < 1.29 is 14.2 Å². The Hall–Kier alpha value is -2.44. The first-order valence-electron chi connectivity index (χ1n) is 9.55. The average molecular weight is 459 g/mol. The normalized spacial score (nSPS) is 11.1. The molecule has 2 N–H and O–H groups in total. The Morgan fingerprint density at radius 2 is 1.93 bits per heavy atom. The molecular formula is C23H24BrFN2O2. The lowest BCUT2D eigenvalue weighted by molar-refractivity contribution is 0.0787. The van der Waals surface area contributed by atoms with Crippen LogP contribution in [-0.2, 0) is 4.74 Å². The third-order valence-electron chi connectivity index (χ3n) is 4.30. The van der Waals surface area contributed by atoms with Crippen LogP contribution >= 0.6 is 15.9 Å². The van der Waals surface area contributed by atoms with E-state index in [0.29, 0.717) is 30.2 Å². The summed E-state index contributed by atoms with van der Waals surface area (Å²) in [5, 5.41) is 13.6. The fraction of sp³-hybridized carbons (Fsp3) is 0.261. The van der Waals surface area contributed by atoms with Crippen LogP contribution in [0, 0.1) is 5.82 Å². The summed E-state index contributed by atoms with van der Waals surface area (Å²) >= 11 is 3.44. The summed E-state index contributed by atoms with van der Waals surface area (Å²) in [5.74, 6) is 0.491. The Bertz CT molecular complexity index is 979. The van der Waals surface area contributed by atoms with Gasteiger partial charge in [-0.2, -0.15) is 0 Å². The standard InChI is InChI=1S/C23H24BrFN2O2/c1-15(2)29-10-4-9-26-23-13-17(16-5-3-6-19(25)11-16)12-21(27-23)20-14-18(24)7-8-22(20)28/h3,5-8,11-15,28H,4,9-10H2,1-2H3,(H,26,27). The number of aromatic hydroxyl groups is 1. The van der Waals surface area contributed by atoms with Crippen LogP contribution < -0.4 is 5.32 Å². The van der Waals surface area contributed by atoms with Crippen LogP contribution in [0.15, 0.2) is 59.1 Å². The third kappa shape index (κ3) is 6.02. The largest absolute Gasteiger partial charge is 0.507 e. The Kier molecular flexibility index (Phi) is 7.23. The van der Waals surface area contributed by atoms with E-state index in [4.69, 9.17) is 4.74 Å². The van der Waals surface area contributed by atoms with Gasteiger partial charge >= 0.3 is 0 Å². The lowest BCUT2D eigenvalue weighted by atomic mass is 10.0. The number of anilines is 1. The molecule has 29 heavy (non-hydrogen) atoms. The van der Waals surface area contributed by atoms with Gasteiger partial charge in [0.15, 0.2) is 0 Å². The molecule has 0 unspecified atom stereocenters. The van der Waals surface area contributed by atoms with Crippen LogP contribution in [0.3, 0.4) is 0 Å². The number of rotatable bonds is 8. The van der Waals surface area contributed by atoms with E-state index in [9.17, 15) is 9.50 Å². The van der Waals surface area contributed by atoms with Crippen LogP contribution in [0.25, 0.3) is 22.4 Å². The highest BCUT2D eigenvalue weighted by Gasteiger charge is 2.11. The summed E-state index contributed by atoms with van der Waals surface area (Å²) in [4.78, 5) is 4.66. The van der Waals surface area contributed by atoms with E-state index in [1.54, 1.807) is 18.2 Å². The second-order valence-corrected chi connectivity index (χ2v) is 7.91. The summed E-state index contributed by atoms with van der Waals surface area (Å²) in [6.07, 6.45) is 1.04. The van der Waals surface area contributed by atoms with Gasteiger partial charge in [-0.3, -0.25) is 0 Å². The van der Waals surface area contributed by atoms with E-state index in [1.165, 1.54) is 12.1 Å². The number of nitrogens with zero attached hydrogens (tertiary/aromatic N) is 1. The van der Waals surface area contributed by atoms with Crippen LogP contribution in [-0.4, -0.2) is 29.3 Å². The van der Waals surface area contributed by atoms with Crippen molar-refractivity contribution in [1.29, 1.82) is 0 Å². The highest BCUT2D eigenvalue weighted by molar-refractivity contribution is 9.10. The summed E-state index contributed by atoms with van der Waals surface area (Å²) < 4.78 is 20.2. The predicted molar refractivity (Wildman–Crippen MR) is 119 cm³/mol. The van der Waals surface area contributed by atoms with Crippen molar-refractivity contribution in [1.82, 2.24) is 4.98 Å². The number of halogens is 2. The van der Waals surface area contributed by atoms with E-state index in [2.05, 4.69) is 26.2 Å². The monoisotopic (exact) mass is 458 g/mol. The van der Waals surface area contributed by atoms with Crippen molar-refractivity contribution in [2.75, 3.05) is 18.5 Å². The second kappa shape index (κ2) is 9.85. The number of hydrogen-bond donors (Lipinski definition) is 2. The van der Waals surface area contributed by atoms with Crippen LogP contribution in [0.2, 0.25) is 0 Å². The molecule has 0 saturated heterocycles. The van der Waals surface area contributed by atoms with Gasteiger partial charge in [0.1, 0.15) is 17.4 Å². The molecule has 4 nitrogen and oxygen atoms in total. The molecule has 1 heterocycles. The van der Waals surface area contributed by atoms with Crippen molar-refractivity contribution >= 4 is 21.7 Å². The van der Waals surface area contributed by atoms with Gasteiger partial charge in [-0.1, -0.05) is 28.1 Å². The van der Waals surface area contributed by atoms with Gasteiger partial charge in [0.05, 0.1) is 11.8 Å². The molecule has 0 atom stereocenters. The quantitative estimate of drug-likeness (QED) is 0.391. The van der Waals surface area contributed by atoms with Gasteiger partial charge in [-0.05, 0) is 73.9 Å². The lowest BCUT2D eigenvalue weighted by Gasteiger charge is -2.13. The van der Waals surface area contributed by atoms with Gasteiger partial charge in [-0.25, -0.2) is 9.37 Å². The van der Waals surface area contributed by atoms with Crippen molar-refractivity contribution in [3.05, 3.63) is 64.9 Å². The predicted octanol–water partition coefficient (Wildman–Crippen LogP) is 6.25. The molecule has 0 aliphatic heterocycles. The number of aromatic nitrogens is 1. The topological polar surface area (TPSA) is 54.4 Å². The highest BCUT2D eigenvalue weighted by Crippen LogP contribution is 2.34. The second-order valence-electron chi connectivity index (χ2n) is 7.00. The van der Waals surface area contributed by atoms with Crippen LogP contribution in [0.4, 0.5) is 10.2 Å². The fourth-order valence-corrected chi connectivity index (χ4v) is 3.28. The molecule has 1 aromatic heterocycles. The molecule has 3 rings (SSSR count). The number of ether oxygens (including phenoxy) is 1. The Morgan fingerprint density at radius 1 is 1.10 bits per heavy atom. The molecule has 152 valence electrons. The molecule has 6 heteroatoms. The molecule has 2 aromatic carbocycles. The molecule has 0 aliphatic rings. The Balaban J connectivity index is 1.93. The molecule has 0 fully saturated rings. The molecule has 3 aromatic rings. The molecule has 0 amide bonds. The molecular weight excluding hydrogens is 435 g/mol. The summed E-state index contributed by atoms with van der Waals surface area (Å²) in [6.45, 7) is 5.37. The van der Waals surface area contributed by atoms with Crippen molar-refractivity contribution in [3.63, 3.8) is 0 Å². The van der Waals surface area contributed by atoms with Gasteiger partial charge in [0.2, 0.25) is 0 Å². The van der Waals surface area contributed by atoms with Crippen molar-refractivity contribution in [2.24, 2.45) is 0 Å². The first kappa shape index (κ1) is 21.3. The van der Waals surface area contributed by atoms with Crippen LogP contribution in [0.5, 0.6) is 5.75 Å². The zero-order chi connectivity index (χ0) is 20.8. The number of nitrogens with one attached hydrogen (secondary N) is 1. The Labute approximate surface area is 178 Å². The van der Waals surface area contributed by atoms with E-state index in [-0.39, 0.29) is 17.7 Å². The molecule has 0 bridgehead atoms. The van der Waals surface area contributed by atoms with E-state index < -0.39 is 0 Å². The molecule has 0 saturated carbocycles. The highest BCUT2D eigenvalue weighted by atomic mass is 79.9. The average Bonchev–Trinajstić information content (AvgIpc) is 2.69. The lowest BCUT2D eigenvalue weighted by Crippen LogP contribution is -2.10. The molecule has 0 radical (unpaired) electrons. The summed E-state index contributed by atoms with van der Waals surface area (Å²) in [7, 11) is 0. The first-order chi connectivity index (χ1) is 13.9. The molecule has 0 spiro atoms. The summed E-state index contributed by atoms with van der Waals surface area (Å²) in [5.41, 5.74) is 2.76. The number of benzene rings is 2. The maximum Gasteiger partial charge on any atom is 0.127 e. The number of hydrogen-bond acceptors (Lipinski definition) is 4. The number of pyridine rings is 1. The minimum Gasteiger partial charge on any atom is -0.507 e. The maximum atomic E-state index is 13.8. The van der Waals surface area contributed by atoms with E-state index in [1.807, 2.05) is 38.1 Å². The smallest absolute Gasteiger partial charge is 0.127 e. The minimum absolute atomic E-state index is 0.133. The first-order valence-corrected chi connectivity index (χ1v) is 10.3. The van der Waals surface area contributed by atoms with Gasteiger partial charge < -0.3 is 15.2 Å². The summed E-state index contributed by atoms with van der Waals surface area (Å²) in [6, 6.07) is 15.4. The minimum atomic E-state index is -0.300. The Morgan fingerprint density at radius 3 is 2.69 bits per heavy atom. The van der Waals surface area contributed by atoms with E-state index >= 15 is 0 Å². The zero-order valence-corrected chi connectivity index (χ0v) is 18.0. The van der Waals surface area contributed by atoms with Gasteiger partial charge in [0, 0.05) is 23.2 Å². The zero-order valence-electron chi connectivity index (χ0n) is 16.5. The van der Waals surface area contributed by atoms with Crippen molar-refractivity contribution in [2.45, 2.75) is 26.4 Å². The van der Waals surface area contributed by atoms with Crippen molar-refractivity contribution in [3.8, 4) is 28.1 Å². The van der Waals surface area contributed by atoms with Gasteiger partial charge in [0.25, 0.3) is 0 Å². The van der Waals surface area contributed by atoms with E-state index in [0.717, 1.165) is 22.0 Å². The number of phenolic OH excluding ortho intramolecular Hbond substituents is 1. The number of phenols is 1. The maximum absolute atomic E-state index is 13.8.